The summed E-state index contributed by atoms with van der Waals surface area (Å²) in [7, 11) is 0. The number of allylic oxidation sites excluding steroid dienone is 2. The molecule has 0 aliphatic rings. The monoisotopic (exact) mass is 493 g/mol. The van der Waals surface area contributed by atoms with Gasteiger partial charge in [0.1, 0.15) is 11.5 Å². The van der Waals surface area contributed by atoms with Crippen molar-refractivity contribution < 1.29 is 15.0 Å². The number of carbonyl (C=O) groups excluding carboxylic acids is 1. The molecular formula is C31H31N3O3. The van der Waals surface area contributed by atoms with Crippen LogP contribution in [0.5, 0.6) is 11.5 Å². The Balaban J connectivity index is 1.53. The van der Waals surface area contributed by atoms with Crippen molar-refractivity contribution in [2.75, 3.05) is 10.6 Å². The van der Waals surface area contributed by atoms with Crippen molar-refractivity contribution in [1.82, 2.24) is 4.98 Å². The first-order valence-electron chi connectivity index (χ1n) is 12.2. The van der Waals surface area contributed by atoms with E-state index in [0.717, 1.165) is 17.8 Å². The second-order valence-electron chi connectivity index (χ2n) is 9.07. The maximum absolute atomic E-state index is 13.0. The third-order valence-corrected chi connectivity index (χ3v) is 6.55. The molecule has 1 heterocycles. The zero-order chi connectivity index (χ0) is 26.5. The fourth-order valence-electron chi connectivity index (χ4n) is 4.21. The number of phenols is 2. The van der Waals surface area contributed by atoms with Gasteiger partial charge in [-0.2, -0.15) is 0 Å². The lowest BCUT2D eigenvalue weighted by Crippen LogP contribution is -2.12. The van der Waals surface area contributed by atoms with Crippen LogP contribution in [0.3, 0.4) is 0 Å². The van der Waals surface area contributed by atoms with E-state index < -0.39 is 0 Å². The number of anilines is 3. The highest BCUT2D eigenvalue weighted by Crippen LogP contribution is 2.39. The van der Waals surface area contributed by atoms with Gasteiger partial charge in [-0.15, -0.1) is 0 Å². The Morgan fingerprint density at radius 1 is 0.865 bits per heavy atom. The Morgan fingerprint density at radius 3 is 2.22 bits per heavy atom. The summed E-state index contributed by atoms with van der Waals surface area (Å²) in [4.78, 5) is 16.9. The van der Waals surface area contributed by atoms with E-state index in [0.29, 0.717) is 11.1 Å². The molecule has 6 nitrogen and oxygen atoms in total. The molecule has 0 spiro atoms. The van der Waals surface area contributed by atoms with E-state index in [4.69, 9.17) is 0 Å². The van der Waals surface area contributed by atoms with Crippen LogP contribution < -0.4 is 10.6 Å². The van der Waals surface area contributed by atoms with Gasteiger partial charge in [-0.05, 0) is 91.9 Å². The summed E-state index contributed by atoms with van der Waals surface area (Å²) in [5.74, 6) is -0.648. The normalized spacial score (nSPS) is 11.6. The first kappa shape index (κ1) is 25.5. The molecule has 188 valence electrons. The number of aromatic nitrogens is 1. The number of phenolic OH excluding ortho intramolecular Hbond substituents is 2. The second-order valence-corrected chi connectivity index (χ2v) is 9.07. The Labute approximate surface area is 217 Å². The number of pyridine rings is 1. The molecule has 0 fully saturated rings. The van der Waals surface area contributed by atoms with Crippen molar-refractivity contribution in [2.45, 2.75) is 34.1 Å². The fraction of sp³-hybridized carbons (Fsp3) is 0.161. The van der Waals surface area contributed by atoms with Crippen molar-refractivity contribution in [3.63, 3.8) is 0 Å². The molecule has 0 unspecified atom stereocenters. The number of aromatic hydroxyl groups is 2. The summed E-state index contributed by atoms with van der Waals surface area (Å²) in [6.07, 6.45) is 4.15. The molecule has 1 aromatic heterocycles. The molecule has 1 amide bonds. The average molecular weight is 494 g/mol. The Kier molecular flexibility index (Phi) is 7.58. The Morgan fingerprint density at radius 2 is 1.54 bits per heavy atom. The Hall–Kier alpha value is -4.58. The van der Waals surface area contributed by atoms with E-state index in [1.165, 1.54) is 34.4 Å². The van der Waals surface area contributed by atoms with Crippen LogP contribution in [0.2, 0.25) is 0 Å². The third kappa shape index (κ3) is 5.81. The van der Waals surface area contributed by atoms with Crippen molar-refractivity contribution >= 4 is 28.5 Å². The maximum atomic E-state index is 13.0. The van der Waals surface area contributed by atoms with Gasteiger partial charge in [0.05, 0.1) is 5.56 Å². The minimum Gasteiger partial charge on any atom is -0.507 e. The van der Waals surface area contributed by atoms with Gasteiger partial charge in [-0.3, -0.25) is 9.78 Å². The molecule has 0 saturated heterocycles. The number of nitrogens with zero attached hydrogens (tertiary/aromatic N) is 1. The predicted molar refractivity (Wildman–Crippen MR) is 150 cm³/mol. The molecule has 0 saturated carbocycles. The maximum Gasteiger partial charge on any atom is 0.255 e. The van der Waals surface area contributed by atoms with Gasteiger partial charge in [0.15, 0.2) is 0 Å². The van der Waals surface area contributed by atoms with Crippen LogP contribution in [0.1, 0.15) is 48.7 Å². The lowest BCUT2D eigenvalue weighted by molar-refractivity contribution is 0.102. The van der Waals surface area contributed by atoms with Crippen LogP contribution >= 0.6 is 0 Å². The highest BCUT2D eigenvalue weighted by atomic mass is 16.3. The van der Waals surface area contributed by atoms with Gasteiger partial charge in [0.2, 0.25) is 0 Å². The van der Waals surface area contributed by atoms with Crippen LogP contribution in [0.4, 0.5) is 17.1 Å². The fourth-order valence-corrected chi connectivity index (χ4v) is 4.21. The molecule has 4 N–H and O–H groups in total. The zero-order valence-corrected chi connectivity index (χ0v) is 21.5. The van der Waals surface area contributed by atoms with Crippen LogP contribution in [0.25, 0.3) is 16.7 Å². The first-order chi connectivity index (χ1) is 17.8. The molecule has 3 aromatic carbocycles. The van der Waals surface area contributed by atoms with Crippen LogP contribution in [0, 0.1) is 6.92 Å². The van der Waals surface area contributed by atoms with Gasteiger partial charge in [-0.1, -0.05) is 24.6 Å². The van der Waals surface area contributed by atoms with Gasteiger partial charge in [-0.25, -0.2) is 0 Å². The lowest BCUT2D eigenvalue weighted by Gasteiger charge is -2.14. The molecule has 4 aromatic rings. The van der Waals surface area contributed by atoms with Gasteiger partial charge in [0, 0.05) is 47.2 Å². The molecule has 4 rings (SSSR count). The molecule has 37 heavy (non-hydrogen) atoms. The average Bonchev–Trinajstić information content (AvgIpc) is 2.89. The summed E-state index contributed by atoms with van der Waals surface area (Å²) >= 11 is 0. The van der Waals surface area contributed by atoms with Gasteiger partial charge >= 0.3 is 0 Å². The SMILES string of the molecule is CC/C(C)=C(/C)c1cc(Nc2cccc(C(=O)Nc3cc(O)c(-c4ccncc4)c(O)c3)c2)ccc1C. The number of hydrogen-bond donors (Lipinski definition) is 4. The minimum atomic E-state index is -0.360. The largest absolute Gasteiger partial charge is 0.507 e. The summed E-state index contributed by atoms with van der Waals surface area (Å²) in [5, 5.41) is 27.2. The second kappa shape index (κ2) is 11.0. The van der Waals surface area contributed by atoms with Gasteiger partial charge in [0.25, 0.3) is 5.91 Å². The third-order valence-electron chi connectivity index (χ3n) is 6.55. The zero-order valence-electron chi connectivity index (χ0n) is 21.5. The number of nitrogens with one attached hydrogen (secondary N) is 2. The molecule has 0 bridgehead atoms. The quantitative estimate of drug-likeness (QED) is 0.212. The number of benzene rings is 3. The molecule has 0 aliphatic heterocycles. The number of amides is 1. The molecule has 6 heteroatoms. The predicted octanol–water partition coefficient (Wildman–Crippen LogP) is 7.67. The number of carbonyl (C=O) groups is 1. The lowest BCUT2D eigenvalue weighted by atomic mass is 9.96. The van der Waals surface area contributed by atoms with Crippen molar-refractivity contribution in [2.24, 2.45) is 0 Å². The van der Waals surface area contributed by atoms with Crippen molar-refractivity contribution in [3.05, 3.63) is 101 Å². The molecular weight excluding hydrogens is 462 g/mol. The highest BCUT2D eigenvalue weighted by molar-refractivity contribution is 6.05. The Bertz CT molecular complexity index is 1450. The topological polar surface area (TPSA) is 94.5 Å². The highest BCUT2D eigenvalue weighted by Gasteiger charge is 2.15. The summed E-state index contributed by atoms with van der Waals surface area (Å²) < 4.78 is 0. The molecule has 0 atom stereocenters. The number of hydrogen-bond acceptors (Lipinski definition) is 5. The first-order valence-corrected chi connectivity index (χ1v) is 12.2. The van der Waals surface area contributed by atoms with E-state index in [9.17, 15) is 15.0 Å². The number of aryl methyl sites for hydroxylation is 1. The van der Waals surface area contributed by atoms with Crippen molar-refractivity contribution in [3.8, 4) is 22.6 Å². The minimum absolute atomic E-state index is 0.144. The summed E-state index contributed by atoms with van der Waals surface area (Å²) in [6.45, 7) is 8.57. The van der Waals surface area contributed by atoms with Crippen LogP contribution in [0.15, 0.2) is 84.7 Å². The van der Waals surface area contributed by atoms with E-state index in [1.807, 2.05) is 12.1 Å². The molecule has 0 radical (unpaired) electrons. The van der Waals surface area contributed by atoms with Crippen molar-refractivity contribution in [1.29, 1.82) is 0 Å². The standard InChI is InChI=1S/C31H31N3O3/c1-5-19(2)21(4)27-16-25(10-9-20(27)3)33-24-8-6-7-23(15-24)31(37)34-26-17-28(35)30(29(36)18-26)22-11-13-32-14-12-22/h6-18,33,35-36H,5H2,1-4H3,(H,34,37)/b21-19-. The van der Waals surface area contributed by atoms with Gasteiger partial charge < -0.3 is 20.8 Å². The van der Waals surface area contributed by atoms with E-state index in [1.54, 1.807) is 42.7 Å². The van der Waals surface area contributed by atoms with Crippen LogP contribution in [-0.2, 0) is 0 Å². The van der Waals surface area contributed by atoms with Crippen LogP contribution in [-0.4, -0.2) is 21.1 Å². The van der Waals surface area contributed by atoms with E-state index >= 15 is 0 Å². The summed E-state index contributed by atoms with van der Waals surface area (Å²) in [6, 6.07) is 19.6. The van der Waals surface area contributed by atoms with E-state index in [2.05, 4.69) is 55.4 Å². The smallest absolute Gasteiger partial charge is 0.255 e. The molecule has 0 aliphatic carbocycles. The number of rotatable bonds is 7. The summed E-state index contributed by atoms with van der Waals surface area (Å²) in [5.41, 5.74) is 8.37. The van der Waals surface area contributed by atoms with E-state index in [-0.39, 0.29) is 28.7 Å².